The minimum Gasteiger partial charge on any atom is -0.408 e. The highest BCUT2D eigenvalue weighted by atomic mass is 16.4. The van der Waals surface area contributed by atoms with Gasteiger partial charge >= 0.3 is 5.76 Å². The lowest BCUT2D eigenvalue weighted by Gasteiger charge is -2.24. The summed E-state index contributed by atoms with van der Waals surface area (Å²) in [5.41, 5.74) is 1.94. The van der Waals surface area contributed by atoms with Crippen LogP contribution in [0.5, 0.6) is 0 Å². The van der Waals surface area contributed by atoms with Gasteiger partial charge in [0, 0.05) is 32.1 Å². The quantitative estimate of drug-likeness (QED) is 0.893. The van der Waals surface area contributed by atoms with Crippen molar-refractivity contribution in [1.82, 2.24) is 14.8 Å². The first-order valence-electron chi connectivity index (χ1n) is 9.78. The molecule has 1 aliphatic carbocycles. The fraction of sp³-hybridized carbons (Fsp3) is 0.550. The van der Waals surface area contributed by atoms with E-state index in [1.807, 2.05) is 15.9 Å². The molecule has 1 saturated carbocycles. The van der Waals surface area contributed by atoms with E-state index in [2.05, 4.69) is 4.98 Å². The van der Waals surface area contributed by atoms with E-state index in [-0.39, 0.29) is 24.2 Å². The van der Waals surface area contributed by atoms with Gasteiger partial charge in [-0.25, -0.2) is 4.79 Å². The summed E-state index contributed by atoms with van der Waals surface area (Å²) >= 11 is 0. The molecule has 2 aromatic rings. The summed E-state index contributed by atoms with van der Waals surface area (Å²) in [6.45, 7) is 2.62. The van der Waals surface area contributed by atoms with E-state index in [1.165, 1.54) is 0 Å². The summed E-state index contributed by atoms with van der Waals surface area (Å²) in [5, 5.41) is 0. The summed E-state index contributed by atoms with van der Waals surface area (Å²) in [5.74, 6) is 0.0237. The van der Waals surface area contributed by atoms with Crippen molar-refractivity contribution in [2.75, 3.05) is 26.2 Å². The van der Waals surface area contributed by atoms with Gasteiger partial charge < -0.3 is 14.2 Å². The third-order valence-electron chi connectivity index (χ3n) is 5.70. The molecule has 2 fully saturated rings. The van der Waals surface area contributed by atoms with Crippen LogP contribution in [0.4, 0.5) is 0 Å². The van der Waals surface area contributed by atoms with Crippen LogP contribution in [-0.2, 0) is 16.0 Å². The maximum atomic E-state index is 12.7. The highest BCUT2D eigenvalue weighted by molar-refractivity contribution is 5.82. The molecule has 7 heteroatoms. The minimum absolute atomic E-state index is 0.0513. The van der Waals surface area contributed by atoms with Gasteiger partial charge in [-0.1, -0.05) is 18.9 Å². The Balaban J connectivity index is 1.37. The molecular formula is C20H25N3O4. The SMILES string of the molecule is O=C(Cc1ccc2oc(=O)[nH]c2c1)N1CCCN(C(=O)C2CCCC2)CC1. The highest BCUT2D eigenvalue weighted by Crippen LogP contribution is 2.27. The molecule has 2 amide bonds. The Kier molecular flexibility index (Phi) is 5.01. The van der Waals surface area contributed by atoms with E-state index in [9.17, 15) is 14.4 Å². The molecule has 0 bridgehead atoms. The van der Waals surface area contributed by atoms with Crippen molar-refractivity contribution >= 4 is 22.9 Å². The van der Waals surface area contributed by atoms with Crippen LogP contribution < -0.4 is 5.76 Å². The predicted octanol–water partition coefficient (Wildman–Crippen LogP) is 1.91. The third-order valence-corrected chi connectivity index (χ3v) is 5.70. The Morgan fingerprint density at radius 2 is 1.78 bits per heavy atom. The third kappa shape index (κ3) is 3.91. The molecule has 4 rings (SSSR count). The smallest absolute Gasteiger partial charge is 0.408 e. The summed E-state index contributed by atoms with van der Waals surface area (Å²) in [6, 6.07) is 5.30. The Hall–Kier alpha value is -2.57. The van der Waals surface area contributed by atoms with Crippen molar-refractivity contribution in [2.24, 2.45) is 5.92 Å². The lowest BCUT2D eigenvalue weighted by atomic mass is 10.1. The number of oxazole rings is 1. The molecule has 0 atom stereocenters. The predicted molar refractivity (Wildman–Crippen MR) is 100 cm³/mol. The number of hydrogen-bond acceptors (Lipinski definition) is 4. The number of amides is 2. The molecule has 0 spiro atoms. The second kappa shape index (κ2) is 7.58. The van der Waals surface area contributed by atoms with Crippen LogP contribution >= 0.6 is 0 Å². The van der Waals surface area contributed by atoms with Gasteiger partial charge in [-0.2, -0.15) is 0 Å². The fourth-order valence-electron chi connectivity index (χ4n) is 4.21. The van der Waals surface area contributed by atoms with E-state index in [1.54, 1.807) is 12.1 Å². The van der Waals surface area contributed by atoms with E-state index in [0.29, 0.717) is 30.7 Å². The first-order valence-corrected chi connectivity index (χ1v) is 9.78. The van der Waals surface area contributed by atoms with E-state index >= 15 is 0 Å². The molecule has 0 unspecified atom stereocenters. The van der Waals surface area contributed by atoms with Gasteiger partial charge in [-0.05, 0) is 37.0 Å². The summed E-state index contributed by atoms with van der Waals surface area (Å²) < 4.78 is 4.99. The lowest BCUT2D eigenvalue weighted by molar-refractivity contribution is -0.136. The van der Waals surface area contributed by atoms with Crippen molar-refractivity contribution in [3.05, 3.63) is 34.3 Å². The van der Waals surface area contributed by atoms with E-state index < -0.39 is 5.76 Å². The number of nitrogens with one attached hydrogen (secondary N) is 1. The van der Waals surface area contributed by atoms with Gasteiger partial charge in [-0.3, -0.25) is 14.6 Å². The standard InChI is InChI=1S/C20H25N3O4/c24-18(13-14-6-7-17-16(12-14)21-20(26)27-17)22-8-3-9-23(11-10-22)19(25)15-4-1-2-5-15/h6-7,12,15H,1-5,8-11,13H2,(H,21,26). The molecule has 27 heavy (non-hydrogen) atoms. The number of carbonyl (C=O) groups is 2. The molecule has 1 saturated heterocycles. The van der Waals surface area contributed by atoms with Crippen molar-refractivity contribution in [3.8, 4) is 0 Å². The normalized spacial score (nSPS) is 18.8. The molecule has 1 aliphatic heterocycles. The number of aromatic amines is 1. The van der Waals surface area contributed by atoms with Crippen molar-refractivity contribution in [3.63, 3.8) is 0 Å². The summed E-state index contributed by atoms with van der Waals surface area (Å²) in [4.78, 5) is 43.0. The molecule has 0 radical (unpaired) electrons. The summed E-state index contributed by atoms with van der Waals surface area (Å²) in [6.07, 6.45) is 5.42. The van der Waals surface area contributed by atoms with Crippen LogP contribution in [0.3, 0.4) is 0 Å². The number of benzene rings is 1. The number of aromatic nitrogens is 1. The van der Waals surface area contributed by atoms with Gasteiger partial charge in [-0.15, -0.1) is 0 Å². The van der Waals surface area contributed by atoms with Gasteiger partial charge in [0.2, 0.25) is 11.8 Å². The zero-order valence-corrected chi connectivity index (χ0v) is 15.4. The Morgan fingerprint density at radius 3 is 2.59 bits per heavy atom. The molecule has 1 aromatic carbocycles. The van der Waals surface area contributed by atoms with Crippen LogP contribution in [0.1, 0.15) is 37.7 Å². The summed E-state index contributed by atoms with van der Waals surface area (Å²) in [7, 11) is 0. The van der Waals surface area contributed by atoms with E-state index in [0.717, 1.165) is 44.2 Å². The Bertz CT molecular complexity index is 894. The zero-order valence-electron chi connectivity index (χ0n) is 15.4. The van der Waals surface area contributed by atoms with Gasteiger partial charge in [0.25, 0.3) is 0 Å². The van der Waals surface area contributed by atoms with Crippen LogP contribution in [-0.4, -0.2) is 52.8 Å². The molecule has 1 aromatic heterocycles. The Labute approximate surface area is 157 Å². The Morgan fingerprint density at radius 1 is 1.04 bits per heavy atom. The molecule has 144 valence electrons. The van der Waals surface area contributed by atoms with Gasteiger partial charge in [0.05, 0.1) is 11.9 Å². The van der Waals surface area contributed by atoms with Crippen LogP contribution in [0.25, 0.3) is 11.1 Å². The van der Waals surface area contributed by atoms with Crippen molar-refractivity contribution in [2.45, 2.75) is 38.5 Å². The number of hydrogen-bond donors (Lipinski definition) is 1. The number of nitrogens with zero attached hydrogens (tertiary/aromatic N) is 2. The molecule has 7 nitrogen and oxygen atoms in total. The van der Waals surface area contributed by atoms with Crippen molar-refractivity contribution < 1.29 is 14.0 Å². The maximum Gasteiger partial charge on any atom is 0.417 e. The topological polar surface area (TPSA) is 86.6 Å². The van der Waals surface area contributed by atoms with Gasteiger partial charge in [0.15, 0.2) is 5.58 Å². The first kappa shape index (κ1) is 17.8. The molecule has 2 heterocycles. The highest BCUT2D eigenvalue weighted by Gasteiger charge is 2.29. The first-order chi connectivity index (χ1) is 13.1. The second-order valence-electron chi connectivity index (χ2n) is 7.56. The zero-order chi connectivity index (χ0) is 18.8. The van der Waals surface area contributed by atoms with Crippen LogP contribution in [0.15, 0.2) is 27.4 Å². The maximum absolute atomic E-state index is 12.7. The van der Waals surface area contributed by atoms with Crippen molar-refractivity contribution in [1.29, 1.82) is 0 Å². The monoisotopic (exact) mass is 371 g/mol. The number of carbonyl (C=O) groups excluding carboxylic acids is 2. The largest absolute Gasteiger partial charge is 0.417 e. The number of rotatable bonds is 3. The fourth-order valence-corrected chi connectivity index (χ4v) is 4.21. The van der Waals surface area contributed by atoms with E-state index in [4.69, 9.17) is 4.42 Å². The van der Waals surface area contributed by atoms with Gasteiger partial charge in [0.1, 0.15) is 0 Å². The molecule has 1 N–H and O–H groups in total. The average molecular weight is 371 g/mol. The van der Waals surface area contributed by atoms with Crippen LogP contribution in [0, 0.1) is 5.92 Å². The number of H-pyrrole nitrogens is 1. The number of fused-ring (bicyclic) bond motifs is 1. The second-order valence-corrected chi connectivity index (χ2v) is 7.56. The molecular weight excluding hydrogens is 346 g/mol. The average Bonchev–Trinajstić information content (AvgIpc) is 3.23. The van der Waals surface area contributed by atoms with Crippen LogP contribution in [0.2, 0.25) is 0 Å². The lowest BCUT2D eigenvalue weighted by Crippen LogP contribution is -2.39. The minimum atomic E-state index is -0.493. The molecule has 2 aliphatic rings.